The molecule has 3 heteroatoms. The van der Waals surface area contributed by atoms with E-state index in [1.165, 1.54) is 64.2 Å². The Kier molecular flexibility index (Phi) is 14.3. The van der Waals surface area contributed by atoms with Gasteiger partial charge in [0.15, 0.2) is 0 Å². The minimum Gasteiger partial charge on any atom is -0.406 e. The van der Waals surface area contributed by atoms with E-state index in [0.29, 0.717) is 0 Å². The highest BCUT2D eigenvalue weighted by Gasteiger charge is 2.27. The van der Waals surface area contributed by atoms with Gasteiger partial charge in [-0.15, -0.1) is 22.0 Å². The van der Waals surface area contributed by atoms with Crippen molar-refractivity contribution in [3.05, 3.63) is 30.3 Å². The largest absolute Gasteiger partial charge is 0.406 e. The molecule has 25 heavy (non-hydrogen) atoms. The van der Waals surface area contributed by atoms with Gasteiger partial charge in [-0.3, -0.25) is 0 Å². The molecular formula is C22H40BrNO. The van der Waals surface area contributed by atoms with Crippen LogP contribution in [-0.4, -0.2) is 17.1 Å². The normalized spacial score (nSPS) is 11.4. The number of para-hydroxylation sites is 1. The van der Waals surface area contributed by atoms with Crippen LogP contribution < -0.4 is 4.84 Å². The van der Waals surface area contributed by atoms with Gasteiger partial charge in [-0.1, -0.05) is 82.9 Å². The summed E-state index contributed by atoms with van der Waals surface area (Å²) in [6, 6.07) is 10.1. The summed E-state index contributed by atoms with van der Waals surface area (Å²) in [6.45, 7) is 9.94. The van der Waals surface area contributed by atoms with Crippen molar-refractivity contribution in [2.24, 2.45) is 0 Å². The van der Waals surface area contributed by atoms with Crippen molar-refractivity contribution in [1.82, 2.24) is 5.06 Å². The quantitative estimate of drug-likeness (QED) is 0.230. The summed E-state index contributed by atoms with van der Waals surface area (Å²) in [5, 5.41) is 2.13. The summed E-state index contributed by atoms with van der Waals surface area (Å²) in [6.07, 6.45) is 13.6. The molecule has 0 unspecified atom stereocenters. The molecule has 2 nitrogen and oxygen atoms in total. The first-order valence-electron chi connectivity index (χ1n) is 10.1. The minimum absolute atomic E-state index is 0. The van der Waals surface area contributed by atoms with E-state index in [4.69, 9.17) is 4.84 Å². The third-order valence-corrected chi connectivity index (χ3v) is 4.81. The summed E-state index contributed by atoms with van der Waals surface area (Å²) in [5.74, 6) is 0.930. The lowest BCUT2D eigenvalue weighted by atomic mass is 9.95. The number of benzene rings is 1. The van der Waals surface area contributed by atoms with E-state index in [1.54, 1.807) is 0 Å². The van der Waals surface area contributed by atoms with Gasteiger partial charge in [0.2, 0.25) is 0 Å². The molecule has 1 rings (SSSR count). The van der Waals surface area contributed by atoms with Crippen LogP contribution in [0.15, 0.2) is 30.3 Å². The Labute approximate surface area is 167 Å². The highest BCUT2D eigenvalue weighted by molar-refractivity contribution is 8.93. The van der Waals surface area contributed by atoms with Crippen LogP contribution in [0.3, 0.4) is 0 Å². The molecule has 0 bridgehead atoms. The molecule has 1 aromatic rings. The second kappa shape index (κ2) is 14.6. The summed E-state index contributed by atoms with van der Waals surface area (Å²) in [7, 11) is 0. The van der Waals surface area contributed by atoms with Gasteiger partial charge in [-0.2, -0.15) is 0 Å². The summed E-state index contributed by atoms with van der Waals surface area (Å²) >= 11 is 0. The van der Waals surface area contributed by atoms with Crippen molar-refractivity contribution in [1.29, 1.82) is 0 Å². The Bertz CT molecular complexity index is 408. The van der Waals surface area contributed by atoms with Gasteiger partial charge in [0.25, 0.3) is 0 Å². The molecule has 0 atom stereocenters. The highest BCUT2D eigenvalue weighted by atomic mass is 79.9. The van der Waals surface area contributed by atoms with E-state index in [0.717, 1.165) is 12.3 Å². The standard InChI is InChI=1S/C22H39NO.BrH/c1-5-7-8-9-10-11-12-13-17-20-22(3,4)23(6-2)24-21-18-15-14-16-19-21;/h14-16,18-19H,5-13,17,20H2,1-4H3;1H. The molecule has 0 aliphatic heterocycles. The monoisotopic (exact) mass is 413 g/mol. The predicted octanol–water partition coefficient (Wildman–Crippen LogP) is 7.58. The zero-order valence-corrected chi connectivity index (χ0v) is 18.6. The fraction of sp³-hybridized carbons (Fsp3) is 0.727. The van der Waals surface area contributed by atoms with E-state index in [1.807, 2.05) is 30.3 Å². The number of hydroxylamine groups is 2. The number of hydrogen-bond acceptors (Lipinski definition) is 2. The van der Waals surface area contributed by atoms with Crippen LogP contribution in [0.2, 0.25) is 0 Å². The van der Waals surface area contributed by atoms with Crippen LogP contribution in [-0.2, 0) is 0 Å². The third-order valence-electron chi connectivity index (χ3n) is 4.81. The lowest BCUT2D eigenvalue weighted by Crippen LogP contribution is -2.46. The molecule has 0 amide bonds. The second-order valence-electron chi connectivity index (χ2n) is 7.49. The van der Waals surface area contributed by atoms with E-state index >= 15 is 0 Å². The first kappa shape index (κ1) is 24.5. The van der Waals surface area contributed by atoms with Crippen molar-refractivity contribution in [3.8, 4) is 5.75 Å². The number of rotatable bonds is 14. The lowest BCUT2D eigenvalue weighted by Gasteiger charge is -2.36. The lowest BCUT2D eigenvalue weighted by molar-refractivity contribution is -0.132. The molecule has 0 radical (unpaired) electrons. The fourth-order valence-electron chi connectivity index (χ4n) is 3.22. The average Bonchev–Trinajstić information content (AvgIpc) is 2.59. The topological polar surface area (TPSA) is 12.5 Å². The fourth-order valence-corrected chi connectivity index (χ4v) is 3.22. The predicted molar refractivity (Wildman–Crippen MR) is 116 cm³/mol. The maximum atomic E-state index is 6.09. The molecular weight excluding hydrogens is 374 g/mol. The zero-order chi connectivity index (χ0) is 17.7. The van der Waals surface area contributed by atoms with E-state index in [2.05, 4.69) is 32.8 Å². The van der Waals surface area contributed by atoms with Crippen molar-refractivity contribution >= 4 is 17.0 Å². The van der Waals surface area contributed by atoms with E-state index < -0.39 is 0 Å². The Hall–Kier alpha value is -0.540. The van der Waals surface area contributed by atoms with Gasteiger partial charge in [-0.25, -0.2) is 0 Å². The third kappa shape index (κ3) is 10.9. The first-order valence-corrected chi connectivity index (χ1v) is 10.1. The molecule has 0 aromatic heterocycles. The van der Waals surface area contributed by atoms with Crippen molar-refractivity contribution in [2.45, 2.75) is 97.4 Å². The van der Waals surface area contributed by atoms with Crippen LogP contribution in [0.5, 0.6) is 5.75 Å². The van der Waals surface area contributed by atoms with Gasteiger partial charge < -0.3 is 4.84 Å². The molecule has 0 saturated carbocycles. The number of halogens is 1. The minimum atomic E-state index is 0. The van der Waals surface area contributed by atoms with Crippen molar-refractivity contribution in [2.75, 3.05) is 6.54 Å². The summed E-state index contributed by atoms with van der Waals surface area (Å²) in [5.41, 5.74) is 0.0751. The molecule has 146 valence electrons. The van der Waals surface area contributed by atoms with Gasteiger partial charge >= 0.3 is 0 Å². The number of nitrogens with zero attached hydrogens (tertiary/aromatic N) is 1. The molecule has 1 aromatic carbocycles. The molecule has 0 N–H and O–H groups in total. The maximum absolute atomic E-state index is 6.09. The van der Waals surface area contributed by atoms with E-state index in [-0.39, 0.29) is 22.5 Å². The van der Waals surface area contributed by atoms with Crippen LogP contribution >= 0.6 is 17.0 Å². The van der Waals surface area contributed by atoms with Gasteiger partial charge in [-0.05, 0) is 39.3 Å². The van der Waals surface area contributed by atoms with Gasteiger partial charge in [0, 0.05) is 6.54 Å². The average molecular weight is 414 g/mol. The van der Waals surface area contributed by atoms with E-state index in [9.17, 15) is 0 Å². The Morgan fingerprint density at radius 3 is 1.84 bits per heavy atom. The molecule has 0 heterocycles. The van der Waals surface area contributed by atoms with Crippen LogP contribution in [0.1, 0.15) is 91.9 Å². The van der Waals surface area contributed by atoms with Crippen molar-refractivity contribution < 1.29 is 4.84 Å². The number of unbranched alkanes of at least 4 members (excludes halogenated alkanes) is 8. The van der Waals surface area contributed by atoms with Gasteiger partial charge in [0.1, 0.15) is 5.75 Å². The SMILES string of the molecule is Br.CCCCCCCCCCCC(C)(C)N(CC)Oc1ccccc1. The smallest absolute Gasteiger partial charge is 0.147 e. The summed E-state index contributed by atoms with van der Waals surface area (Å²) < 4.78 is 0. The molecule has 0 aliphatic rings. The first-order chi connectivity index (χ1) is 11.6. The second-order valence-corrected chi connectivity index (χ2v) is 7.49. The molecule has 0 fully saturated rings. The summed E-state index contributed by atoms with van der Waals surface area (Å²) in [4.78, 5) is 6.09. The van der Waals surface area contributed by atoms with Crippen LogP contribution in [0.4, 0.5) is 0 Å². The Morgan fingerprint density at radius 1 is 0.800 bits per heavy atom. The molecule has 0 spiro atoms. The van der Waals surface area contributed by atoms with Crippen LogP contribution in [0.25, 0.3) is 0 Å². The Balaban J connectivity index is 0.00000576. The Morgan fingerprint density at radius 2 is 1.32 bits per heavy atom. The van der Waals surface area contributed by atoms with Gasteiger partial charge in [0.05, 0.1) is 5.54 Å². The number of hydrogen-bond donors (Lipinski definition) is 0. The zero-order valence-electron chi connectivity index (χ0n) is 16.9. The molecule has 0 aliphatic carbocycles. The van der Waals surface area contributed by atoms with Crippen LogP contribution in [0, 0.1) is 0 Å². The molecule has 0 saturated heterocycles. The highest BCUT2D eigenvalue weighted by Crippen LogP contribution is 2.24. The maximum Gasteiger partial charge on any atom is 0.147 e. The van der Waals surface area contributed by atoms with Crippen molar-refractivity contribution in [3.63, 3.8) is 0 Å².